The highest BCUT2D eigenvalue weighted by Crippen LogP contribution is 2.58. The van der Waals surface area contributed by atoms with Crippen LogP contribution in [0.5, 0.6) is 0 Å². The van der Waals surface area contributed by atoms with E-state index in [0.717, 1.165) is 82.8 Å². The lowest BCUT2D eigenvalue weighted by Gasteiger charge is -2.35. The third-order valence-corrected chi connectivity index (χ3v) is 13.1. The Bertz CT molecular complexity index is 3660. The van der Waals surface area contributed by atoms with E-state index < -0.39 is 5.41 Å². The van der Waals surface area contributed by atoms with Gasteiger partial charge in [0.15, 0.2) is 0 Å². The fourth-order valence-corrected chi connectivity index (χ4v) is 10.6. The normalized spacial score (nSPS) is 13.0. The third kappa shape index (κ3) is 4.88. The van der Waals surface area contributed by atoms with E-state index in [2.05, 4.69) is 217 Å². The number of para-hydroxylation sites is 3. The fraction of sp³-hybridized carbons (Fsp3) is 0.0169. The standard InChI is InChI=1S/C59H37NO2/c1-4-19-39(20-5-1)59(40-21-6-2-7-22-40)50-30-14-12-26-44(50)45-35-34-42(37-51(45)59)60(41-23-8-3-9-24-41)52-31-17-33-54-56(52)49-36-38-18-10-11-25-43(38)55(58(49)62-54)48-29-16-28-47-46-27-13-15-32-53(46)61-57(47)48/h1-37H. The van der Waals surface area contributed by atoms with Gasteiger partial charge in [-0.25, -0.2) is 0 Å². The molecule has 3 nitrogen and oxygen atoms in total. The molecule has 2 aromatic heterocycles. The second-order valence-electron chi connectivity index (χ2n) is 16.3. The van der Waals surface area contributed by atoms with Crippen molar-refractivity contribution in [3.05, 3.63) is 247 Å². The van der Waals surface area contributed by atoms with E-state index in [0.29, 0.717) is 0 Å². The van der Waals surface area contributed by atoms with Crippen molar-refractivity contribution in [3.8, 4) is 22.3 Å². The Morgan fingerprint density at radius 3 is 1.76 bits per heavy atom. The predicted molar refractivity (Wildman–Crippen MR) is 256 cm³/mol. The molecule has 0 saturated heterocycles. The van der Waals surface area contributed by atoms with Crippen molar-refractivity contribution >= 4 is 71.7 Å². The van der Waals surface area contributed by atoms with Gasteiger partial charge in [-0.1, -0.05) is 176 Å². The van der Waals surface area contributed by atoms with Crippen LogP contribution in [-0.4, -0.2) is 0 Å². The molecule has 13 rings (SSSR count). The first-order valence-corrected chi connectivity index (χ1v) is 21.3. The molecule has 10 aromatic carbocycles. The maximum absolute atomic E-state index is 7.13. The van der Waals surface area contributed by atoms with Crippen LogP contribution >= 0.6 is 0 Å². The molecule has 12 aromatic rings. The molecular formula is C59H37NO2. The second-order valence-corrected chi connectivity index (χ2v) is 16.3. The largest absolute Gasteiger partial charge is 0.455 e. The zero-order valence-electron chi connectivity index (χ0n) is 33.6. The number of nitrogens with zero attached hydrogens (tertiary/aromatic N) is 1. The number of rotatable bonds is 6. The molecule has 0 amide bonds. The highest BCUT2D eigenvalue weighted by Gasteiger charge is 2.46. The van der Waals surface area contributed by atoms with E-state index >= 15 is 0 Å². The maximum Gasteiger partial charge on any atom is 0.144 e. The number of anilines is 3. The van der Waals surface area contributed by atoms with E-state index in [1.807, 2.05) is 12.1 Å². The average molecular weight is 792 g/mol. The fourth-order valence-electron chi connectivity index (χ4n) is 10.6. The number of hydrogen-bond donors (Lipinski definition) is 0. The van der Waals surface area contributed by atoms with Crippen molar-refractivity contribution in [2.45, 2.75) is 5.41 Å². The first-order valence-electron chi connectivity index (χ1n) is 21.3. The van der Waals surface area contributed by atoms with Gasteiger partial charge in [-0.3, -0.25) is 0 Å². The molecule has 0 spiro atoms. The molecule has 2 heterocycles. The van der Waals surface area contributed by atoms with Gasteiger partial charge in [0.1, 0.15) is 22.3 Å². The van der Waals surface area contributed by atoms with Crippen molar-refractivity contribution in [1.29, 1.82) is 0 Å². The second kappa shape index (κ2) is 13.4. The number of hydrogen-bond acceptors (Lipinski definition) is 3. The molecule has 0 unspecified atom stereocenters. The SMILES string of the molecule is c1ccc(N(c2ccc3c(c2)C(c2ccccc2)(c2ccccc2)c2ccccc2-3)c2cccc3oc4c(-c5cccc6c5oc5ccccc56)c5ccccc5cc4c23)cc1. The summed E-state index contributed by atoms with van der Waals surface area (Å²) in [5, 5.41) is 6.55. The first-order chi connectivity index (χ1) is 30.8. The van der Waals surface area contributed by atoms with Crippen LogP contribution in [0.1, 0.15) is 22.3 Å². The van der Waals surface area contributed by atoms with Gasteiger partial charge in [0.05, 0.1) is 16.5 Å². The average Bonchev–Trinajstić information content (AvgIpc) is 4.00. The number of benzene rings is 10. The Kier molecular flexibility index (Phi) is 7.52. The Balaban J connectivity index is 1.10. The molecule has 0 bridgehead atoms. The number of furan rings is 2. The minimum Gasteiger partial charge on any atom is -0.455 e. The molecule has 1 aliphatic rings. The molecule has 0 N–H and O–H groups in total. The van der Waals surface area contributed by atoms with E-state index in [1.165, 1.54) is 33.4 Å². The van der Waals surface area contributed by atoms with Gasteiger partial charge in [0.2, 0.25) is 0 Å². The lowest BCUT2D eigenvalue weighted by molar-refractivity contribution is 0.665. The van der Waals surface area contributed by atoms with Gasteiger partial charge in [-0.05, 0) is 92.7 Å². The summed E-state index contributed by atoms with van der Waals surface area (Å²) >= 11 is 0. The molecular weight excluding hydrogens is 755 g/mol. The lowest BCUT2D eigenvalue weighted by atomic mass is 9.67. The maximum atomic E-state index is 7.13. The summed E-state index contributed by atoms with van der Waals surface area (Å²) in [4.78, 5) is 2.41. The van der Waals surface area contributed by atoms with Gasteiger partial charge >= 0.3 is 0 Å². The van der Waals surface area contributed by atoms with Crippen LogP contribution in [-0.2, 0) is 5.41 Å². The molecule has 0 saturated carbocycles. The van der Waals surface area contributed by atoms with Crippen molar-refractivity contribution in [2.75, 3.05) is 4.90 Å². The van der Waals surface area contributed by atoms with Crippen LogP contribution in [0.2, 0.25) is 0 Å². The number of fused-ring (bicyclic) bond motifs is 10. The third-order valence-electron chi connectivity index (χ3n) is 13.1. The molecule has 1 aliphatic carbocycles. The van der Waals surface area contributed by atoms with Crippen LogP contribution in [0.25, 0.3) is 76.9 Å². The van der Waals surface area contributed by atoms with Gasteiger partial charge < -0.3 is 13.7 Å². The lowest BCUT2D eigenvalue weighted by Crippen LogP contribution is -2.28. The van der Waals surface area contributed by atoms with Crippen molar-refractivity contribution < 1.29 is 8.83 Å². The summed E-state index contributed by atoms with van der Waals surface area (Å²) < 4.78 is 13.8. The van der Waals surface area contributed by atoms with E-state index in [-0.39, 0.29) is 0 Å². The van der Waals surface area contributed by atoms with Crippen LogP contribution in [0.4, 0.5) is 17.1 Å². The minimum absolute atomic E-state index is 0.535. The summed E-state index contributed by atoms with van der Waals surface area (Å²) in [6, 6.07) is 80.9. The predicted octanol–water partition coefficient (Wildman–Crippen LogP) is 16.1. The molecule has 62 heavy (non-hydrogen) atoms. The van der Waals surface area contributed by atoms with Gasteiger partial charge in [-0.2, -0.15) is 0 Å². The highest BCUT2D eigenvalue weighted by molar-refractivity contribution is 6.24. The minimum atomic E-state index is -0.535. The molecule has 0 radical (unpaired) electrons. The van der Waals surface area contributed by atoms with Gasteiger partial charge in [-0.15, -0.1) is 0 Å². The van der Waals surface area contributed by atoms with Crippen molar-refractivity contribution in [1.82, 2.24) is 0 Å². The van der Waals surface area contributed by atoms with Crippen LogP contribution in [0.15, 0.2) is 233 Å². The van der Waals surface area contributed by atoms with Crippen molar-refractivity contribution in [3.63, 3.8) is 0 Å². The zero-order valence-corrected chi connectivity index (χ0v) is 33.6. The van der Waals surface area contributed by atoms with Crippen molar-refractivity contribution in [2.24, 2.45) is 0 Å². The Hall–Kier alpha value is -8.14. The monoisotopic (exact) mass is 791 g/mol. The Morgan fingerprint density at radius 2 is 0.952 bits per heavy atom. The Labute approximate surface area is 358 Å². The quantitative estimate of drug-likeness (QED) is 0.168. The molecule has 0 atom stereocenters. The highest BCUT2D eigenvalue weighted by atomic mass is 16.3. The summed E-state index contributed by atoms with van der Waals surface area (Å²) in [6.45, 7) is 0. The van der Waals surface area contributed by atoms with Gasteiger partial charge in [0.25, 0.3) is 0 Å². The van der Waals surface area contributed by atoms with Crippen LogP contribution in [0.3, 0.4) is 0 Å². The topological polar surface area (TPSA) is 29.5 Å². The smallest absolute Gasteiger partial charge is 0.144 e. The summed E-state index contributed by atoms with van der Waals surface area (Å²) in [5.41, 5.74) is 15.6. The van der Waals surface area contributed by atoms with E-state index in [4.69, 9.17) is 8.83 Å². The van der Waals surface area contributed by atoms with E-state index in [1.54, 1.807) is 0 Å². The first kappa shape index (κ1) is 34.7. The Morgan fingerprint density at radius 1 is 0.355 bits per heavy atom. The summed E-state index contributed by atoms with van der Waals surface area (Å²) in [7, 11) is 0. The van der Waals surface area contributed by atoms with Crippen LogP contribution in [0, 0.1) is 0 Å². The van der Waals surface area contributed by atoms with Crippen LogP contribution < -0.4 is 4.90 Å². The summed E-state index contributed by atoms with van der Waals surface area (Å²) in [6.07, 6.45) is 0. The molecule has 3 heteroatoms. The summed E-state index contributed by atoms with van der Waals surface area (Å²) in [5.74, 6) is 0. The zero-order chi connectivity index (χ0) is 40.8. The molecule has 0 aliphatic heterocycles. The molecule has 290 valence electrons. The molecule has 0 fully saturated rings. The van der Waals surface area contributed by atoms with Gasteiger partial charge in [0, 0.05) is 38.7 Å². The van der Waals surface area contributed by atoms with E-state index in [9.17, 15) is 0 Å².